The second-order valence-corrected chi connectivity index (χ2v) is 7.14. The van der Waals surface area contributed by atoms with Crippen molar-refractivity contribution >= 4 is 23.4 Å². The van der Waals surface area contributed by atoms with Crippen molar-refractivity contribution in [1.29, 1.82) is 0 Å². The Morgan fingerprint density at radius 3 is 2.73 bits per heavy atom. The molecule has 2 saturated heterocycles. The maximum atomic E-state index is 13.2. The molecule has 26 heavy (non-hydrogen) atoms. The predicted molar refractivity (Wildman–Crippen MR) is 97.9 cm³/mol. The quantitative estimate of drug-likeness (QED) is 0.850. The summed E-state index contributed by atoms with van der Waals surface area (Å²) in [6.07, 6.45) is 1.15. The molecule has 6 nitrogen and oxygen atoms in total. The Bertz CT molecular complexity index is 648. The molecule has 1 aromatic carbocycles. The molecule has 0 aromatic heterocycles. The Labute approximate surface area is 158 Å². The molecular formula is C19H25ClN2O4. The van der Waals surface area contributed by atoms with Gasteiger partial charge >= 0.3 is 0 Å². The number of benzene rings is 1. The summed E-state index contributed by atoms with van der Waals surface area (Å²) in [6.45, 7) is 4.61. The number of nitrogens with zero attached hydrogens (tertiary/aromatic N) is 1. The summed E-state index contributed by atoms with van der Waals surface area (Å²) in [5, 5.41) is 3.38. The molecule has 142 valence electrons. The summed E-state index contributed by atoms with van der Waals surface area (Å²) in [5.74, 6) is 0.0833. The Hall–Kier alpha value is -1.63. The molecule has 0 bridgehead atoms. The monoisotopic (exact) mass is 380 g/mol. The number of carbonyl (C=O) groups excluding carboxylic acids is 2. The van der Waals surface area contributed by atoms with Crippen LogP contribution in [0.5, 0.6) is 0 Å². The SMILES string of the molecule is CCN(CC1CCOCC1)C(=O)[C@H]1OCC(=O)N[C@@H]1c1ccccc1Cl. The first-order valence-electron chi connectivity index (χ1n) is 9.12. The number of rotatable bonds is 5. The number of morpholine rings is 1. The highest BCUT2D eigenvalue weighted by Gasteiger charge is 2.39. The van der Waals surface area contributed by atoms with Gasteiger partial charge in [0.1, 0.15) is 6.61 Å². The molecule has 2 amide bonds. The highest BCUT2D eigenvalue weighted by molar-refractivity contribution is 6.31. The maximum absolute atomic E-state index is 13.2. The van der Waals surface area contributed by atoms with E-state index in [4.69, 9.17) is 21.1 Å². The van der Waals surface area contributed by atoms with Gasteiger partial charge in [0.15, 0.2) is 6.10 Å². The fraction of sp³-hybridized carbons (Fsp3) is 0.579. The number of halogens is 1. The summed E-state index contributed by atoms with van der Waals surface area (Å²) in [6, 6.07) is 6.64. The number of likely N-dealkylation sites (N-methyl/N-ethyl adjacent to an activating group) is 1. The van der Waals surface area contributed by atoms with Gasteiger partial charge in [0.05, 0.1) is 6.04 Å². The molecule has 2 heterocycles. The van der Waals surface area contributed by atoms with Crippen LogP contribution in [0.15, 0.2) is 24.3 Å². The first-order valence-corrected chi connectivity index (χ1v) is 9.50. The van der Waals surface area contributed by atoms with E-state index in [0.29, 0.717) is 29.6 Å². The summed E-state index contributed by atoms with van der Waals surface area (Å²) in [4.78, 5) is 26.9. The van der Waals surface area contributed by atoms with Gasteiger partial charge in [0, 0.05) is 31.3 Å². The third-order valence-electron chi connectivity index (χ3n) is 5.01. The zero-order chi connectivity index (χ0) is 18.5. The minimum atomic E-state index is -0.771. The fourth-order valence-electron chi connectivity index (χ4n) is 3.53. The first-order chi connectivity index (χ1) is 12.6. The van der Waals surface area contributed by atoms with E-state index in [9.17, 15) is 9.59 Å². The minimum Gasteiger partial charge on any atom is -0.381 e. The van der Waals surface area contributed by atoms with Crippen LogP contribution in [0.4, 0.5) is 0 Å². The molecule has 0 spiro atoms. The molecular weight excluding hydrogens is 356 g/mol. The van der Waals surface area contributed by atoms with Gasteiger partial charge in [-0.2, -0.15) is 0 Å². The smallest absolute Gasteiger partial charge is 0.254 e. The minimum absolute atomic E-state index is 0.107. The number of nitrogens with one attached hydrogen (secondary N) is 1. The molecule has 0 radical (unpaired) electrons. The van der Waals surface area contributed by atoms with Crippen LogP contribution in [0.1, 0.15) is 31.4 Å². The van der Waals surface area contributed by atoms with Crippen molar-refractivity contribution in [3.05, 3.63) is 34.9 Å². The number of hydrogen-bond acceptors (Lipinski definition) is 4. The van der Waals surface area contributed by atoms with Crippen molar-refractivity contribution in [2.45, 2.75) is 31.9 Å². The third-order valence-corrected chi connectivity index (χ3v) is 5.35. The van der Waals surface area contributed by atoms with Gasteiger partial charge in [0.25, 0.3) is 5.91 Å². The second-order valence-electron chi connectivity index (χ2n) is 6.73. The number of carbonyl (C=O) groups is 2. The van der Waals surface area contributed by atoms with Gasteiger partial charge in [0.2, 0.25) is 5.91 Å². The summed E-state index contributed by atoms with van der Waals surface area (Å²) in [7, 11) is 0. The van der Waals surface area contributed by atoms with Crippen molar-refractivity contribution in [2.75, 3.05) is 32.9 Å². The van der Waals surface area contributed by atoms with E-state index in [0.717, 1.165) is 26.1 Å². The summed E-state index contributed by atoms with van der Waals surface area (Å²) >= 11 is 6.30. The van der Waals surface area contributed by atoms with Crippen LogP contribution in [-0.2, 0) is 19.1 Å². The molecule has 0 saturated carbocycles. The molecule has 3 rings (SSSR count). The maximum Gasteiger partial charge on any atom is 0.254 e. The molecule has 1 aromatic rings. The molecule has 2 aliphatic rings. The van der Waals surface area contributed by atoms with E-state index in [1.165, 1.54) is 0 Å². The largest absolute Gasteiger partial charge is 0.381 e. The van der Waals surface area contributed by atoms with Gasteiger partial charge in [-0.3, -0.25) is 9.59 Å². The summed E-state index contributed by atoms with van der Waals surface area (Å²) < 4.78 is 11.1. The second kappa shape index (κ2) is 8.84. The lowest BCUT2D eigenvalue weighted by Crippen LogP contribution is -2.54. The zero-order valence-electron chi connectivity index (χ0n) is 14.9. The number of amides is 2. The van der Waals surface area contributed by atoms with E-state index in [1.54, 1.807) is 6.07 Å². The van der Waals surface area contributed by atoms with Crippen LogP contribution in [0.2, 0.25) is 5.02 Å². The average molecular weight is 381 g/mol. The predicted octanol–water partition coefficient (Wildman–Crippen LogP) is 2.17. The van der Waals surface area contributed by atoms with Gasteiger partial charge in [-0.1, -0.05) is 29.8 Å². The summed E-state index contributed by atoms with van der Waals surface area (Å²) in [5.41, 5.74) is 0.697. The van der Waals surface area contributed by atoms with Gasteiger partial charge in [-0.05, 0) is 37.3 Å². The molecule has 7 heteroatoms. The van der Waals surface area contributed by atoms with E-state index >= 15 is 0 Å². The lowest BCUT2D eigenvalue weighted by molar-refractivity contribution is -0.155. The van der Waals surface area contributed by atoms with E-state index in [2.05, 4.69) is 5.32 Å². The third kappa shape index (κ3) is 4.37. The van der Waals surface area contributed by atoms with Gasteiger partial charge in [-0.25, -0.2) is 0 Å². The highest BCUT2D eigenvalue weighted by atomic mass is 35.5. The van der Waals surface area contributed by atoms with Crippen LogP contribution in [0, 0.1) is 5.92 Å². The highest BCUT2D eigenvalue weighted by Crippen LogP contribution is 2.30. The Morgan fingerprint density at radius 2 is 2.04 bits per heavy atom. The van der Waals surface area contributed by atoms with Crippen molar-refractivity contribution in [3.63, 3.8) is 0 Å². The standard InChI is InChI=1S/C19H25ClN2O4/c1-2-22(11-13-7-9-25-10-8-13)19(24)18-17(21-16(23)12-26-18)14-5-3-4-6-15(14)20/h3-6,13,17-18H,2,7-12H2,1H3,(H,21,23)/t17-,18+/m1/s1. The molecule has 0 aliphatic carbocycles. The number of hydrogen-bond donors (Lipinski definition) is 1. The van der Waals surface area contributed by atoms with Crippen molar-refractivity contribution in [2.24, 2.45) is 5.92 Å². The van der Waals surface area contributed by atoms with Crippen molar-refractivity contribution in [3.8, 4) is 0 Å². The molecule has 2 fully saturated rings. The van der Waals surface area contributed by atoms with Crippen molar-refractivity contribution < 1.29 is 19.1 Å². The Morgan fingerprint density at radius 1 is 1.31 bits per heavy atom. The first kappa shape index (κ1) is 19.1. The Balaban J connectivity index is 1.77. The average Bonchev–Trinajstić information content (AvgIpc) is 2.67. The lowest BCUT2D eigenvalue weighted by Gasteiger charge is -2.36. The van der Waals surface area contributed by atoms with Crippen LogP contribution in [0.25, 0.3) is 0 Å². The number of ether oxygens (including phenoxy) is 2. The Kier molecular flexibility index (Phi) is 6.51. The molecule has 0 unspecified atom stereocenters. The van der Waals surface area contributed by atoms with E-state index in [1.807, 2.05) is 30.0 Å². The van der Waals surface area contributed by atoms with Crippen LogP contribution < -0.4 is 5.32 Å². The zero-order valence-corrected chi connectivity index (χ0v) is 15.7. The van der Waals surface area contributed by atoms with Gasteiger partial charge in [-0.15, -0.1) is 0 Å². The molecule has 1 N–H and O–H groups in total. The molecule has 2 atom stereocenters. The van der Waals surface area contributed by atoms with Gasteiger partial charge < -0.3 is 19.7 Å². The fourth-order valence-corrected chi connectivity index (χ4v) is 3.78. The van der Waals surface area contributed by atoms with E-state index in [-0.39, 0.29) is 18.4 Å². The van der Waals surface area contributed by atoms with Crippen LogP contribution >= 0.6 is 11.6 Å². The van der Waals surface area contributed by atoms with Crippen molar-refractivity contribution in [1.82, 2.24) is 10.2 Å². The van der Waals surface area contributed by atoms with Crippen LogP contribution in [-0.4, -0.2) is 55.7 Å². The van der Waals surface area contributed by atoms with E-state index < -0.39 is 12.1 Å². The topological polar surface area (TPSA) is 67.9 Å². The molecule has 2 aliphatic heterocycles. The van der Waals surface area contributed by atoms with Crippen LogP contribution in [0.3, 0.4) is 0 Å². The normalized spacial score (nSPS) is 24.2. The lowest BCUT2D eigenvalue weighted by atomic mass is 9.96.